The van der Waals surface area contributed by atoms with Gasteiger partial charge in [0.05, 0.1) is 12.0 Å². The third kappa shape index (κ3) is 14.8. The smallest absolute Gasteiger partial charge is 0.377 e. The van der Waals surface area contributed by atoms with Crippen LogP contribution in [0, 0.1) is 41.4 Å². The minimum Gasteiger partial charge on any atom is -0.488 e. The molecule has 2 heterocycles. The Morgan fingerprint density at radius 3 is 1.33 bits per heavy atom. The highest BCUT2D eigenvalue weighted by Crippen LogP contribution is 2.51. The van der Waals surface area contributed by atoms with E-state index in [2.05, 4.69) is 76.2 Å². The standard InChI is InChI=1S/C65H84F6O5S2/c1-19-42-29-40(3)21-27-48(42)53-31-44-23-25-46(33-51(44)77-53)75-61(15,16)36-59(11,12)56(74-39-64(68,69)65(70,71)63(66,67)38-73-55(72)50(58(8,9)10)35-57(5,6)7)60(13,14)37-62(17,18)76-47-26-24-45-32-54(78-52(45)34-47)49-28-22-41(4)30-43(49)20-2/h21-34,50,56H,19-20,35-39H2,1-18H3. The molecule has 0 fully saturated rings. The zero-order valence-corrected chi connectivity index (χ0v) is 50.9. The van der Waals surface area contributed by atoms with Gasteiger partial charge in [-0.1, -0.05) is 131 Å². The number of carbonyl (C=O) groups is 1. The monoisotopic (exact) mass is 1120 g/mol. The van der Waals surface area contributed by atoms with Crippen molar-refractivity contribution in [2.24, 2.45) is 27.6 Å². The number of carbonyl (C=O) groups excluding carboxylic acids is 1. The van der Waals surface area contributed by atoms with E-state index >= 15 is 26.3 Å². The van der Waals surface area contributed by atoms with Gasteiger partial charge in [0, 0.05) is 19.2 Å². The molecule has 1 atom stereocenters. The van der Waals surface area contributed by atoms with Gasteiger partial charge < -0.3 is 18.9 Å². The third-order valence-corrected chi connectivity index (χ3v) is 16.9. The first-order chi connectivity index (χ1) is 35.7. The average molecular weight is 1120 g/mol. The van der Waals surface area contributed by atoms with Crippen LogP contribution in [0.5, 0.6) is 11.5 Å². The van der Waals surface area contributed by atoms with E-state index in [4.69, 9.17) is 18.9 Å². The second-order valence-electron chi connectivity index (χ2n) is 26.7. The molecule has 0 aliphatic heterocycles. The van der Waals surface area contributed by atoms with E-state index in [1.807, 2.05) is 84.9 Å². The first-order valence-electron chi connectivity index (χ1n) is 27.3. The summed E-state index contributed by atoms with van der Waals surface area (Å²) in [5.41, 5.74) is 1.73. The summed E-state index contributed by atoms with van der Waals surface area (Å²) in [7, 11) is 0. The summed E-state index contributed by atoms with van der Waals surface area (Å²) < 4.78 is 122. The SMILES string of the molecule is CCc1cc(C)ccc1-c1cc2ccc(OC(C)(C)CC(C)(C)C(OCC(F)(F)C(F)(F)C(F)(F)COC(=O)C(CC(C)(C)C)C(C)(C)C)C(C)(C)CC(C)(C)Oc3ccc4cc(-c5ccc(C)cc5CC)sc4c3)cc2s1. The molecule has 78 heavy (non-hydrogen) atoms. The first kappa shape index (κ1) is 62.6. The highest BCUT2D eigenvalue weighted by Gasteiger charge is 2.72. The predicted molar refractivity (Wildman–Crippen MR) is 312 cm³/mol. The van der Waals surface area contributed by atoms with Gasteiger partial charge in [-0.2, -0.15) is 26.3 Å². The summed E-state index contributed by atoms with van der Waals surface area (Å²) in [6, 6.07) is 29.0. The molecule has 2 aromatic heterocycles. The number of ether oxygens (including phenoxy) is 4. The fourth-order valence-electron chi connectivity index (χ4n) is 11.8. The number of alkyl halides is 6. The second kappa shape index (κ2) is 22.7. The number of halogens is 6. The van der Waals surface area contributed by atoms with Gasteiger partial charge in [0.1, 0.15) is 29.3 Å². The number of aryl methyl sites for hydroxylation is 4. The Morgan fingerprint density at radius 1 is 0.538 bits per heavy atom. The van der Waals surface area contributed by atoms with Gasteiger partial charge in [-0.25, -0.2) is 0 Å². The lowest BCUT2D eigenvalue weighted by molar-refractivity contribution is -0.333. The topological polar surface area (TPSA) is 54.0 Å². The summed E-state index contributed by atoms with van der Waals surface area (Å²) in [5, 5.41) is 2.10. The van der Waals surface area contributed by atoms with Crippen LogP contribution in [0.25, 0.3) is 41.1 Å². The summed E-state index contributed by atoms with van der Waals surface area (Å²) in [6.45, 7) is 29.3. The van der Waals surface area contributed by atoms with Crippen LogP contribution in [-0.4, -0.2) is 54.3 Å². The Bertz CT molecular complexity index is 2900. The molecule has 1 unspecified atom stereocenters. The summed E-state index contributed by atoms with van der Waals surface area (Å²) in [5.74, 6) is -17.8. The fourth-order valence-corrected chi connectivity index (χ4v) is 14.1. The molecule has 0 spiro atoms. The van der Waals surface area contributed by atoms with Gasteiger partial charge >= 0.3 is 23.7 Å². The number of esters is 1. The fraction of sp³-hybridized carbons (Fsp3) is 0.554. The Balaban J connectivity index is 1.28. The van der Waals surface area contributed by atoms with Crippen molar-refractivity contribution in [3.8, 4) is 32.4 Å². The molecule has 5 nitrogen and oxygen atoms in total. The zero-order valence-electron chi connectivity index (χ0n) is 49.3. The lowest BCUT2D eigenvalue weighted by atomic mass is 9.64. The molecule has 0 radical (unpaired) electrons. The summed E-state index contributed by atoms with van der Waals surface area (Å²) >= 11 is 3.31. The Hall–Kier alpha value is -4.59. The number of rotatable bonds is 23. The van der Waals surface area contributed by atoms with Gasteiger partial charge in [0.2, 0.25) is 0 Å². The number of thiophene rings is 2. The lowest BCUT2D eigenvalue weighted by Crippen LogP contribution is -2.59. The quantitative estimate of drug-likeness (QED) is 0.0473. The first-order valence-corrected chi connectivity index (χ1v) is 28.9. The molecule has 428 valence electrons. The van der Waals surface area contributed by atoms with Crippen molar-refractivity contribution in [3.63, 3.8) is 0 Å². The van der Waals surface area contributed by atoms with E-state index in [0.717, 1.165) is 42.8 Å². The molecule has 0 amide bonds. The van der Waals surface area contributed by atoms with Crippen molar-refractivity contribution in [1.82, 2.24) is 0 Å². The van der Waals surface area contributed by atoms with Crippen molar-refractivity contribution < 1.29 is 50.1 Å². The van der Waals surface area contributed by atoms with Crippen LogP contribution >= 0.6 is 22.7 Å². The molecule has 0 aliphatic rings. The van der Waals surface area contributed by atoms with Crippen molar-refractivity contribution >= 4 is 48.8 Å². The maximum Gasteiger partial charge on any atom is 0.377 e. The minimum atomic E-state index is -5.99. The van der Waals surface area contributed by atoms with Crippen LogP contribution in [0.1, 0.15) is 152 Å². The van der Waals surface area contributed by atoms with E-state index < -0.39 is 81.8 Å². The number of benzene rings is 4. The second-order valence-corrected chi connectivity index (χ2v) is 28.8. The van der Waals surface area contributed by atoms with E-state index in [0.29, 0.717) is 11.5 Å². The van der Waals surface area contributed by atoms with Crippen molar-refractivity contribution in [1.29, 1.82) is 0 Å². The van der Waals surface area contributed by atoms with Gasteiger partial charge in [0.15, 0.2) is 6.61 Å². The van der Waals surface area contributed by atoms with Crippen LogP contribution in [-0.2, 0) is 27.1 Å². The van der Waals surface area contributed by atoms with Gasteiger partial charge in [-0.15, -0.1) is 22.7 Å². The van der Waals surface area contributed by atoms with E-state index in [-0.39, 0.29) is 19.3 Å². The molecule has 0 N–H and O–H groups in total. The van der Waals surface area contributed by atoms with E-state index in [1.54, 1.807) is 71.1 Å². The Morgan fingerprint density at radius 2 is 0.949 bits per heavy atom. The highest BCUT2D eigenvalue weighted by atomic mass is 32.1. The van der Waals surface area contributed by atoms with Crippen molar-refractivity contribution in [3.05, 3.63) is 107 Å². The molecular weight excluding hydrogens is 1040 g/mol. The average Bonchev–Trinajstić information content (AvgIpc) is 3.92. The minimum absolute atomic E-state index is 0.155. The van der Waals surface area contributed by atoms with Crippen LogP contribution in [0.2, 0.25) is 0 Å². The summed E-state index contributed by atoms with van der Waals surface area (Å²) in [4.78, 5) is 15.5. The molecule has 4 aromatic carbocycles. The maximum absolute atomic E-state index is 16.2. The van der Waals surface area contributed by atoms with Gasteiger partial charge in [-0.3, -0.25) is 4.79 Å². The molecule has 13 heteroatoms. The predicted octanol–water partition coefficient (Wildman–Crippen LogP) is 20.0. The van der Waals surface area contributed by atoms with Crippen LogP contribution in [0.4, 0.5) is 26.3 Å². The highest BCUT2D eigenvalue weighted by molar-refractivity contribution is 7.22. The molecular formula is C65H84F6O5S2. The largest absolute Gasteiger partial charge is 0.488 e. The summed E-state index contributed by atoms with van der Waals surface area (Å²) in [6.07, 6.45) is 0.997. The van der Waals surface area contributed by atoms with E-state index in [1.165, 1.54) is 33.4 Å². The maximum atomic E-state index is 16.2. The molecule has 0 aliphatic carbocycles. The number of fused-ring (bicyclic) bond motifs is 2. The zero-order chi connectivity index (χ0) is 58.4. The number of hydrogen-bond acceptors (Lipinski definition) is 7. The van der Waals surface area contributed by atoms with Gasteiger partial charge in [-0.05, 0) is 177 Å². The molecule has 0 saturated heterocycles. The molecule has 6 aromatic rings. The van der Waals surface area contributed by atoms with Crippen molar-refractivity contribution in [2.45, 2.75) is 192 Å². The van der Waals surface area contributed by atoms with Crippen LogP contribution < -0.4 is 9.47 Å². The normalized spacial score (nSPS) is 14.2. The number of hydrogen-bond donors (Lipinski definition) is 0. The lowest BCUT2D eigenvalue weighted by Gasteiger charge is -2.49. The molecule has 0 bridgehead atoms. The third-order valence-electron chi connectivity index (χ3n) is 14.7. The Labute approximate surface area is 468 Å². The van der Waals surface area contributed by atoms with E-state index in [9.17, 15) is 4.79 Å². The molecule has 6 rings (SSSR count). The van der Waals surface area contributed by atoms with Crippen LogP contribution in [0.3, 0.4) is 0 Å². The van der Waals surface area contributed by atoms with Crippen molar-refractivity contribution in [2.75, 3.05) is 13.2 Å². The van der Waals surface area contributed by atoms with Gasteiger partial charge in [0.25, 0.3) is 0 Å². The molecule has 0 saturated carbocycles. The van der Waals surface area contributed by atoms with Crippen LogP contribution in [0.15, 0.2) is 84.9 Å². The Kier molecular flexibility index (Phi) is 18.3.